The highest BCUT2D eigenvalue weighted by molar-refractivity contribution is 5.47. The second kappa shape index (κ2) is 7.28. The van der Waals surface area contributed by atoms with Crippen LogP contribution in [-0.4, -0.2) is 48.2 Å². The Bertz CT molecular complexity index is 389. The molecule has 0 spiro atoms. The van der Waals surface area contributed by atoms with Gasteiger partial charge in [0, 0.05) is 13.1 Å². The zero-order chi connectivity index (χ0) is 13.5. The van der Waals surface area contributed by atoms with Crippen molar-refractivity contribution in [3.05, 3.63) is 11.9 Å². The lowest BCUT2D eigenvalue weighted by Gasteiger charge is -2.20. The van der Waals surface area contributed by atoms with Gasteiger partial charge in [-0.25, -0.2) is 9.97 Å². The zero-order valence-electron chi connectivity index (χ0n) is 12.0. The standard InChI is InChI=1S/C14H24N4O/c1-12-13(16-11-17-14(12)19-2)15-7-10-18-8-5-3-4-6-9-18/h11H,3-10H2,1-2H3,(H,15,16,17). The van der Waals surface area contributed by atoms with Gasteiger partial charge in [-0.2, -0.15) is 0 Å². The van der Waals surface area contributed by atoms with Crippen LogP contribution >= 0.6 is 0 Å². The van der Waals surface area contributed by atoms with E-state index in [9.17, 15) is 0 Å². The van der Waals surface area contributed by atoms with Gasteiger partial charge >= 0.3 is 0 Å². The Balaban J connectivity index is 1.81. The summed E-state index contributed by atoms with van der Waals surface area (Å²) in [6.07, 6.45) is 6.97. The molecule has 106 valence electrons. The molecule has 0 saturated carbocycles. The van der Waals surface area contributed by atoms with Gasteiger partial charge < -0.3 is 15.0 Å². The second-order valence-corrected chi connectivity index (χ2v) is 5.04. The Hall–Kier alpha value is -1.36. The van der Waals surface area contributed by atoms with Crippen molar-refractivity contribution in [3.8, 4) is 5.88 Å². The monoisotopic (exact) mass is 264 g/mol. The molecule has 5 nitrogen and oxygen atoms in total. The van der Waals surface area contributed by atoms with Crippen molar-refractivity contribution in [2.24, 2.45) is 0 Å². The number of rotatable bonds is 5. The van der Waals surface area contributed by atoms with E-state index in [2.05, 4.69) is 20.2 Å². The van der Waals surface area contributed by atoms with E-state index in [4.69, 9.17) is 4.74 Å². The molecule has 1 saturated heterocycles. The molecule has 1 N–H and O–H groups in total. The van der Waals surface area contributed by atoms with Gasteiger partial charge in [-0.05, 0) is 32.9 Å². The number of aromatic nitrogens is 2. The maximum Gasteiger partial charge on any atom is 0.221 e. The fourth-order valence-electron chi connectivity index (χ4n) is 2.51. The fraction of sp³-hybridized carbons (Fsp3) is 0.714. The van der Waals surface area contributed by atoms with Crippen LogP contribution in [0.1, 0.15) is 31.2 Å². The molecule has 0 aliphatic carbocycles. The maximum atomic E-state index is 5.20. The summed E-state index contributed by atoms with van der Waals surface area (Å²) in [6.45, 7) is 6.43. The second-order valence-electron chi connectivity index (χ2n) is 5.04. The van der Waals surface area contributed by atoms with Crippen molar-refractivity contribution in [3.63, 3.8) is 0 Å². The minimum atomic E-state index is 0.646. The van der Waals surface area contributed by atoms with Crippen LogP contribution in [0.25, 0.3) is 0 Å². The molecule has 2 rings (SSSR count). The topological polar surface area (TPSA) is 50.3 Å². The fourth-order valence-corrected chi connectivity index (χ4v) is 2.51. The van der Waals surface area contributed by atoms with Crippen LogP contribution in [0.2, 0.25) is 0 Å². The molecular weight excluding hydrogens is 240 g/mol. The average Bonchev–Trinajstić information content (AvgIpc) is 2.69. The highest BCUT2D eigenvalue weighted by atomic mass is 16.5. The van der Waals surface area contributed by atoms with Crippen molar-refractivity contribution >= 4 is 5.82 Å². The summed E-state index contributed by atoms with van der Waals surface area (Å²) < 4.78 is 5.20. The molecule has 1 aliphatic heterocycles. The number of likely N-dealkylation sites (tertiary alicyclic amines) is 1. The number of nitrogens with zero attached hydrogens (tertiary/aromatic N) is 3. The van der Waals surface area contributed by atoms with Crippen LogP contribution < -0.4 is 10.1 Å². The number of hydrogen-bond donors (Lipinski definition) is 1. The van der Waals surface area contributed by atoms with Gasteiger partial charge in [0.25, 0.3) is 0 Å². The van der Waals surface area contributed by atoms with E-state index >= 15 is 0 Å². The first-order valence-corrected chi connectivity index (χ1v) is 7.13. The lowest BCUT2D eigenvalue weighted by Crippen LogP contribution is -2.30. The molecule has 0 aromatic carbocycles. The van der Waals surface area contributed by atoms with Crippen LogP contribution in [0.5, 0.6) is 5.88 Å². The third-order valence-electron chi connectivity index (χ3n) is 3.65. The Morgan fingerprint density at radius 1 is 1.21 bits per heavy atom. The number of anilines is 1. The quantitative estimate of drug-likeness (QED) is 0.882. The predicted molar refractivity (Wildman–Crippen MR) is 76.7 cm³/mol. The molecule has 0 radical (unpaired) electrons. The van der Waals surface area contributed by atoms with E-state index in [0.717, 1.165) is 24.5 Å². The molecule has 0 bridgehead atoms. The van der Waals surface area contributed by atoms with Crippen molar-refractivity contribution in [1.29, 1.82) is 0 Å². The molecule has 2 heterocycles. The molecule has 1 aromatic heterocycles. The normalized spacial score (nSPS) is 16.9. The third kappa shape index (κ3) is 4.06. The largest absolute Gasteiger partial charge is 0.481 e. The number of hydrogen-bond acceptors (Lipinski definition) is 5. The van der Waals surface area contributed by atoms with Gasteiger partial charge in [-0.15, -0.1) is 0 Å². The van der Waals surface area contributed by atoms with Crippen molar-refractivity contribution in [1.82, 2.24) is 14.9 Å². The van der Waals surface area contributed by atoms with E-state index in [0.29, 0.717) is 5.88 Å². The Labute approximate surface area is 115 Å². The number of ether oxygens (including phenoxy) is 1. The minimum Gasteiger partial charge on any atom is -0.481 e. The summed E-state index contributed by atoms with van der Waals surface area (Å²) in [5, 5.41) is 3.38. The maximum absolute atomic E-state index is 5.20. The van der Waals surface area contributed by atoms with Crippen LogP contribution in [-0.2, 0) is 0 Å². The molecule has 1 aromatic rings. The van der Waals surface area contributed by atoms with E-state index < -0.39 is 0 Å². The SMILES string of the molecule is COc1ncnc(NCCN2CCCCCC2)c1C. The molecular formula is C14H24N4O. The molecule has 1 fully saturated rings. The Morgan fingerprint density at radius 2 is 1.95 bits per heavy atom. The first-order valence-electron chi connectivity index (χ1n) is 7.13. The van der Waals surface area contributed by atoms with Crippen LogP contribution in [0.4, 0.5) is 5.82 Å². The first-order chi connectivity index (χ1) is 9.31. The zero-order valence-corrected chi connectivity index (χ0v) is 12.0. The van der Waals surface area contributed by atoms with Gasteiger partial charge in [0.15, 0.2) is 0 Å². The smallest absolute Gasteiger partial charge is 0.221 e. The van der Waals surface area contributed by atoms with Crippen molar-refractivity contribution < 1.29 is 4.74 Å². The van der Waals surface area contributed by atoms with Crippen molar-refractivity contribution in [2.45, 2.75) is 32.6 Å². The Kier molecular flexibility index (Phi) is 5.39. The highest BCUT2D eigenvalue weighted by Crippen LogP contribution is 2.19. The van der Waals surface area contributed by atoms with E-state index in [1.807, 2.05) is 6.92 Å². The molecule has 19 heavy (non-hydrogen) atoms. The molecule has 0 amide bonds. The third-order valence-corrected chi connectivity index (χ3v) is 3.65. The molecule has 5 heteroatoms. The molecule has 1 aliphatic rings. The van der Waals surface area contributed by atoms with Gasteiger partial charge in [0.05, 0.1) is 12.7 Å². The summed E-state index contributed by atoms with van der Waals surface area (Å²) >= 11 is 0. The van der Waals surface area contributed by atoms with Gasteiger partial charge in [-0.1, -0.05) is 12.8 Å². The van der Waals surface area contributed by atoms with E-state index in [-0.39, 0.29) is 0 Å². The Morgan fingerprint density at radius 3 is 2.63 bits per heavy atom. The van der Waals surface area contributed by atoms with E-state index in [1.165, 1.54) is 38.8 Å². The predicted octanol–water partition coefficient (Wildman–Crippen LogP) is 2.08. The van der Waals surface area contributed by atoms with Crippen LogP contribution in [0, 0.1) is 6.92 Å². The number of methoxy groups -OCH3 is 1. The summed E-state index contributed by atoms with van der Waals surface area (Å²) in [5.74, 6) is 1.52. The summed E-state index contributed by atoms with van der Waals surface area (Å²) in [5.41, 5.74) is 0.973. The molecule has 0 unspecified atom stereocenters. The van der Waals surface area contributed by atoms with Crippen LogP contribution in [0.3, 0.4) is 0 Å². The molecule has 0 atom stereocenters. The highest BCUT2D eigenvalue weighted by Gasteiger charge is 2.10. The minimum absolute atomic E-state index is 0.646. The average molecular weight is 264 g/mol. The van der Waals surface area contributed by atoms with Gasteiger partial charge in [0.2, 0.25) is 5.88 Å². The van der Waals surface area contributed by atoms with E-state index in [1.54, 1.807) is 13.4 Å². The first kappa shape index (κ1) is 14.1. The lowest BCUT2D eigenvalue weighted by atomic mass is 10.2. The summed E-state index contributed by atoms with van der Waals surface area (Å²) in [4.78, 5) is 10.9. The number of nitrogens with one attached hydrogen (secondary N) is 1. The summed E-state index contributed by atoms with van der Waals surface area (Å²) in [6, 6.07) is 0. The van der Waals surface area contributed by atoms with Gasteiger partial charge in [-0.3, -0.25) is 0 Å². The van der Waals surface area contributed by atoms with Gasteiger partial charge in [0.1, 0.15) is 12.1 Å². The van der Waals surface area contributed by atoms with Crippen LogP contribution in [0.15, 0.2) is 6.33 Å². The summed E-state index contributed by atoms with van der Waals surface area (Å²) in [7, 11) is 1.64. The lowest BCUT2D eigenvalue weighted by molar-refractivity contribution is 0.296. The van der Waals surface area contributed by atoms with Crippen molar-refractivity contribution in [2.75, 3.05) is 38.6 Å².